The number of nitrogens with two attached hydrogens (primary N) is 1. The van der Waals surface area contributed by atoms with E-state index < -0.39 is 5.54 Å². The lowest BCUT2D eigenvalue weighted by atomic mass is 9.95. The second-order valence-electron chi connectivity index (χ2n) is 8.71. The molecule has 0 saturated carbocycles. The lowest BCUT2D eigenvalue weighted by Crippen LogP contribution is -2.28. The smallest absolute Gasteiger partial charge is 0.258 e. The van der Waals surface area contributed by atoms with Gasteiger partial charge in [0.05, 0.1) is 30.2 Å². The fraction of sp³-hybridized carbons (Fsp3) is 0.250. The minimum atomic E-state index is -0.489. The van der Waals surface area contributed by atoms with E-state index in [9.17, 15) is 4.79 Å². The van der Waals surface area contributed by atoms with Gasteiger partial charge in [0.25, 0.3) is 5.91 Å². The van der Waals surface area contributed by atoms with Gasteiger partial charge in [0, 0.05) is 22.9 Å². The number of anilines is 2. The minimum Gasteiger partial charge on any atom is -0.490 e. The molecule has 6 nitrogen and oxygen atoms in total. The van der Waals surface area contributed by atoms with E-state index in [0.717, 1.165) is 22.4 Å². The summed E-state index contributed by atoms with van der Waals surface area (Å²) in [5.74, 6) is 1.03. The van der Waals surface area contributed by atoms with Crippen molar-refractivity contribution in [1.29, 1.82) is 0 Å². The summed E-state index contributed by atoms with van der Waals surface area (Å²) in [5, 5.41) is 6.50. The maximum absolute atomic E-state index is 13.3. The second kappa shape index (κ2) is 9.61. The fourth-order valence-corrected chi connectivity index (χ4v) is 3.99. The standard InChI is InChI=1S/C28H31N3O3/c1-5-33-23-16-21-22(17-24(23)34-6-2)31-27(32)25(21)26(18-11-8-7-9-12-18)30-20-14-10-13-19(15-20)28(3,4)29/h7-17,30H,5-6,29H2,1-4H3,(H,31,32)/b26-25-. The third-order valence-electron chi connectivity index (χ3n) is 5.62. The van der Waals surface area contributed by atoms with Gasteiger partial charge in [0.1, 0.15) is 0 Å². The second-order valence-corrected chi connectivity index (χ2v) is 8.71. The van der Waals surface area contributed by atoms with Gasteiger partial charge >= 0.3 is 0 Å². The highest BCUT2D eigenvalue weighted by Gasteiger charge is 2.30. The maximum Gasteiger partial charge on any atom is 0.258 e. The Kier molecular flexibility index (Phi) is 6.61. The predicted molar refractivity (Wildman–Crippen MR) is 138 cm³/mol. The molecule has 34 heavy (non-hydrogen) atoms. The number of hydrogen-bond donors (Lipinski definition) is 3. The molecule has 0 fully saturated rings. The van der Waals surface area contributed by atoms with Gasteiger partial charge in [-0.3, -0.25) is 4.79 Å². The molecular formula is C28H31N3O3. The van der Waals surface area contributed by atoms with Crippen molar-refractivity contribution in [2.24, 2.45) is 5.73 Å². The van der Waals surface area contributed by atoms with Gasteiger partial charge in [-0.05, 0) is 57.0 Å². The summed E-state index contributed by atoms with van der Waals surface area (Å²) in [6.45, 7) is 8.76. The summed E-state index contributed by atoms with van der Waals surface area (Å²) in [5.41, 5.74) is 11.3. The van der Waals surface area contributed by atoms with Crippen LogP contribution in [-0.2, 0) is 10.3 Å². The lowest BCUT2D eigenvalue weighted by Gasteiger charge is -2.21. The zero-order valence-corrected chi connectivity index (χ0v) is 20.1. The van der Waals surface area contributed by atoms with Crippen LogP contribution in [0.3, 0.4) is 0 Å². The van der Waals surface area contributed by atoms with Gasteiger partial charge in [-0.25, -0.2) is 0 Å². The third kappa shape index (κ3) is 4.77. The molecule has 1 amide bonds. The monoisotopic (exact) mass is 457 g/mol. The van der Waals surface area contributed by atoms with Crippen LogP contribution < -0.4 is 25.8 Å². The molecule has 0 saturated heterocycles. The first-order valence-electron chi connectivity index (χ1n) is 11.5. The molecule has 1 aliphatic rings. The van der Waals surface area contributed by atoms with Crippen LogP contribution in [-0.4, -0.2) is 19.1 Å². The summed E-state index contributed by atoms with van der Waals surface area (Å²) >= 11 is 0. The highest BCUT2D eigenvalue weighted by molar-refractivity contribution is 6.37. The number of carbonyl (C=O) groups is 1. The first-order valence-corrected chi connectivity index (χ1v) is 11.5. The zero-order valence-electron chi connectivity index (χ0n) is 20.1. The molecule has 3 aromatic carbocycles. The van der Waals surface area contributed by atoms with Crippen LogP contribution in [0.1, 0.15) is 44.4 Å². The van der Waals surface area contributed by atoms with E-state index in [1.165, 1.54) is 0 Å². The first-order chi connectivity index (χ1) is 16.3. The van der Waals surface area contributed by atoms with Crippen molar-refractivity contribution >= 4 is 28.6 Å². The molecule has 1 heterocycles. The molecular weight excluding hydrogens is 426 g/mol. The molecule has 176 valence electrons. The van der Waals surface area contributed by atoms with E-state index in [-0.39, 0.29) is 5.91 Å². The Morgan fingerprint density at radius 1 is 0.941 bits per heavy atom. The van der Waals surface area contributed by atoms with Gasteiger partial charge in [-0.1, -0.05) is 42.5 Å². The van der Waals surface area contributed by atoms with Gasteiger partial charge < -0.3 is 25.8 Å². The number of fused-ring (bicyclic) bond motifs is 1. The maximum atomic E-state index is 13.3. The van der Waals surface area contributed by atoms with Crippen molar-refractivity contribution in [3.8, 4) is 11.5 Å². The van der Waals surface area contributed by atoms with E-state index in [0.29, 0.717) is 41.7 Å². The number of carbonyl (C=O) groups excluding carboxylic acids is 1. The summed E-state index contributed by atoms with van der Waals surface area (Å²) in [6, 6.07) is 21.5. The normalized spacial score (nSPS) is 14.3. The van der Waals surface area contributed by atoms with Gasteiger partial charge in [0.2, 0.25) is 0 Å². The third-order valence-corrected chi connectivity index (χ3v) is 5.62. The van der Waals surface area contributed by atoms with Crippen LogP contribution in [0, 0.1) is 0 Å². The van der Waals surface area contributed by atoms with Gasteiger partial charge in [-0.2, -0.15) is 0 Å². The van der Waals surface area contributed by atoms with Crippen LogP contribution >= 0.6 is 0 Å². The Bertz CT molecular complexity index is 1230. The molecule has 0 radical (unpaired) electrons. The highest BCUT2D eigenvalue weighted by atomic mass is 16.5. The molecule has 0 aliphatic carbocycles. The molecule has 6 heteroatoms. The van der Waals surface area contributed by atoms with Crippen LogP contribution in [0.25, 0.3) is 11.3 Å². The summed E-state index contributed by atoms with van der Waals surface area (Å²) in [4.78, 5) is 13.3. The molecule has 0 unspecified atom stereocenters. The predicted octanol–water partition coefficient (Wildman–Crippen LogP) is 5.61. The van der Waals surface area contributed by atoms with Crippen molar-refractivity contribution in [1.82, 2.24) is 0 Å². The van der Waals surface area contributed by atoms with Crippen molar-refractivity contribution in [3.63, 3.8) is 0 Å². The quantitative estimate of drug-likeness (QED) is 0.383. The minimum absolute atomic E-state index is 0.187. The molecule has 4 N–H and O–H groups in total. The van der Waals surface area contributed by atoms with E-state index in [1.807, 2.05) is 94.4 Å². The van der Waals surface area contributed by atoms with Crippen LogP contribution in [0.5, 0.6) is 11.5 Å². The number of hydrogen-bond acceptors (Lipinski definition) is 5. The van der Waals surface area contributed by atoms with Crippen molar-refractivity contribution in [2.75, 3.05) is 23.8 Å². The van der Waals surface area contributed by atoms with Crippen molar-refractivity contribution < 1.29 is 14.3 Å². The SMILES string of the molecule is CCOc1cc2c(cc1OCC)/C(=C(/Nc1cccc(C(C)(C)N)c1)c1ccccc1)C(=O)N2. The molecule has 0 aromatic heterocycles. The van der Waals surface area contributed by atoms with Crippen LogP contribution in [0.2, 0.25) is 0 Å². The Hall–Kier alpha value is -3.77. The highest BCUT2D eigenvalue weighted by Crippen LogP contribution is 2.43. The topological polar surface area (TPSA) is 85.6 Å². The zero-order chi connectivity index (χ0) is 24.3. The van der Waals surface area contributed by atoms with Gasteiger partial charge in [0.15, 0.2) is 11.5 Å². The number of amides is 1. The molecule has 0 spiro atoms. The largest absolute Gasteiger partial charge is 0.490 e. The van der Waals surface area contributed by atoms with Crippen molar-refractivity contribution in [3.05, 3.63) is 83.4 Å². The molecule has 0 atom stereocenters. The van der Waals surface area contributed by atoms with E-state index in [1.54, 1.807) is 0 Å². The summed E-state index contributed by atoms with van der Waals surface area (Å²) < 4.78 is 11.6. The number of nitrogens with one attached hydrogen (secondary N) is 2. The number of ether oxygens (including phenoxy) is 2. The van der Waals surface area contributed by atoms with Crippen LogP contribution in [0.15, 0.2) is 66.7 Å². The Morgan fingerprint density at radius 2 is 1.62 bits per heavy atom. The first kappa shape index (κ1) is 23.4. The number of rotatable bonds is 8. The Morgan fingerprint density at radius 3 is 2.26 bits per heavy atom. The molecule has 4 rings (SSSR count). The Labute approximate surface area is 200 Å². The summed E-state index contributed by atoms with van der Waals surface area (Å²) in [7, 11) is 0. The molecule has 3 aromatic rings. The van der Waals surface area contributed by atoms with E-state index >= 15 is 0 Å². The van der Waals surface area contributed by atoms with Crippen molar-refractivity contribution in [2.45, 2.75) is 33.2 Å². The van der Waals surface area contributed by atoms with Crippen LogP contribution in [0.4, 0.5) is 11.4 Å². The van der Waals surface area contributed by atoms with Gasteiger partial charge in [-0.15, -0.1) is 0 Å². The average Bonchev–Trinajstić information content (AvgIpc) is 3.12. The Balaban J connectivity index is 1.89. The molecule has 1 aliphatic heterocycles. The lowest BCUT2D eigenvalue weighted by molar-refractivity contribution is -0.110. The van der Waals surface area contributed by atoms with E-state index in [2.05, 4.69) is 10.6 Å². The molecule has 0 bridgehead atoms. The van der Waals surface area contributed by atoms with E-state index in [4.69, 9.17) is 15.2 Å². The number of benzene rings is 3. The fourth-order valence-electron chi connectivity index (χ4n) is 3.99. The average molecular weight is 458 g/mol. The summed E-state index contributed by atoms with van der Waals surface area (Å²) in [6.07, 6.45) is 0.